The molecule has 2 N–H and O–H groups in total. The zero-order valence-electron chi connectivity index (χ0n) is 11.3. The van der Waals surface area contributed by atoms with Gasteiger partial charge in [-0.1, -0.05) is 17.7 Å². The quantitative estimate of drug-likeness (QED) is 0.889. The molecule has 1 aromatic carbocycles. The van der Waals surface area contributed by atoms with E-state index < -0.39 is 5.97 Å². The summed E-state index contributed by atoms with van der Waals surface area (Å²) in [7, 11) is 0. The van der Waals surface area contributed by atoms with Crippen molar-refractivity contribution in [3.05, 3.63) is 46.7 Å². The predicted octanol–water partition coefficient (Wildman–Crippen LogP) is 2.57. The van der Waals surface area contributed by atoms with Crippen molar-refractivity contribution >= 4 is 29.2 Å². The molecular formula is C14H14ClN3O3. The van der Waals surface area contributed by atoms with Crippen LogP contribution >= 0.6 is 11.6 Å². The van der Waals surface area contributed by atoms with Gasteiger partial charge >= 0.3 is 5.97 Å². The Bertz CT molecular complexity index is 682. The summed E-state index contributed by atoms with van der Waals surface area (Å²) in [5.41, 5.74) is 1.68. The fourth-order valence-corrected chi connectivity index (χ4v) is 2.01. The Kier molecular flexibility index (Phi) is 4.59. The van der Waals surface area contributed by atoms with Gasteiger partial charge in [-0.3, -0.25) is 14.3 Å². The Labute approximate surface area is 126 Å². The molecule has 2 rings (SSSR count). The van der Waals surface area contributed by atoms with E-state index >= 15 is 0 Å². The van der Waals surface area contributed by atoms with E-state index in [-0.39, 0.29) is 18.9 Å². The third-order valence-corrected chi connectivity index (χ3v) is 3.41. The zero-order chi connectivity index (χ0) is 15.4. The van der Waals surface area contributed by atoms with Crippen molar-refractivity contribution < 1.29 is 14.7 Å². The van der Waals surface area contributed by atoms with Crippen LogP contribution in [-0.4, -0.2) is 26.8 Å². The van der Waals surface area contributed by atoms with Crippen LogP contribution in [0.3, 0.4) is 0 Å². The number of amides is 1. The molecular weight excluding hydrogens is 294 g/mol. The topological polar surface area (TPSA) is 84.2 Å². The summed E-state index contributed by atoms with van der Waals surface area (Å²) >= 11 is 6.00. The number of aromatic nitrogens is 2. The fourth-order valence-electron chi connectivity index (χ4n) is 1.83. The van der Waals surface area contributed by atoms with E-state index in [0.29, 0.717) is 16.4 Å². The highest BCUT2D eigenvalue weighted by Gasteiger charge is 2.14. The fraction of sp³-hybridized carbons (Fsp3) is 0.214. The maximum absolute atomic E-state index is 12.2. The summed E-state index contributed by atoms with van der Waals surface area (Å²) in [5, 5.41) is 16.0. The molecule has 110 valence electrons. The van der Waals surface area contributed by atoms with Crippen LogP contribution < -0.4 is 5.32 Å². The minimum absolute atomic E-state index is 0.0991. The predicted molar refractivity (Wildman–Crippen MR) is 78.6 cm³/mol. The Morgan fingerprint density at radius 3 is 2.86 bits per heavy atom. The standard InChI is InChI=1S/C14H14ClN3O3/c1-9-10(15)3-2-4-11(9)17-14(21)12-5-7-16-18(12)8-6-13(19)20/h2-5,7H,6,8H2,1H3,(H,17,21)(H,19,20). The van der Waals surface area contributed by atoms with Gasteiger partial charge in [-0.2, -0.15) is 5.10 Å². The highest BCUT2D eigenvalue weighted by molar-refractivity contribution is 6.31. The minimum Gasteiger partial charge on any atom is -0.481 e. The number of aliphatic carboxylic acids is 1. The average Bonchev–Trinajstić information content (AvgIpc) is 2.90. The molecule has 1 aromatic heterocycles. The number of carbonyl (C=O) groups is 2. The summed E-state index contributed by atoms with van der Waals surface area (Å²) in [6, 6.07) is 6.77. The van der Waals surface area contributed by atoms with E-state index in [2.05, 4.69) is 10.4 Å². The summed E-state index contributed by atoms with van der Waals surface area (Å²) in [6.07, 6.45) is 1.36. The molecule has 0 radical (unpaired) electrons. The van der Waals surface area contributed by atoms with Crippen molar-refractivity contribution in [3.8, 4) is 0 Å². The molecule has 0 fully saturated rings. The Morgan fingerprint density at radius 2 is 2.14 bits per heavy atom. The van der Waals surface area contributed by atoms with E-state index in [1.54, 1.807) is 25.1 Å². The summed E-state index contributed by atoms with van der Waals surface area (Å²) < 4.78 is 1.36. The van der Waals surface area contributed by atoms with Crippen molar-refractivity contribution in [1.82, 2.24) is 9.78 Å². The number of benzene rings is 1. The number of carboxylic acids is 1. The van der Waals surface area contributed by atoms with Gasteiger partial charge in [-0.15, -0.1) is 0 Å². The van der Waals surface area contributed by atoms with Crippen LogP contribution in [0.5, 0.6) is 0 Å². The molecule has 1 heterocycles. The molecule has 0 spiro atoms. The number of rotatable bonds is 5. The monoisotopic (exact) mass is 307 g/mol. The van der Waals surface area contributed by atoms with E-state index in [9.17, 15) is 9.59 Å². The van der Waals surface area contributed by atoms with Crippen LogP contribution in [0.1, 0.15) is 22.5 Å². The van der Waals surface area contributed by atoms with Crippen LogP contribution in [0.4, 0.5) is 5.69 Å². The number of anilines is 1. The Morgan fingerprint density at radius 1 is 1.38 bits per heavy atom. The molecule has 7 heteroatoms. The highest BCUT2D eigenvalue weighted by Crippen LogP contribution is 2.23. The summed E-state index contributed by atoms with van der Waals surface area (Å²) in [6.45, 7) is 1.94. The van der Waals surface area contributed by atoms with Gasteiger partial charge in [0.25, 0.3) is 5.91 Å². The third kappa shape index (κ3) is 3.61. The van der Waals surface area contributed by atoms with Crippen LogP contribution in [0.15, 0.2) is 30.5 Å². The SMILES string of the molecule is Cc1c(Cl)cccc1NC(=O)c1ccnn1CCC(=O)O. The first kappa shape index (κ1) is 15.1. The first-order chi connectivity index (χ1) is 9.99. The van der Waals surface area contributed by atoms with Gasteiger partial charge < -0.3 is 10.4 Å². The normalized spacial score (nSPS) is 10.4. The molecule has 0 aliphatic heterocycles. The van der Waals surface area contributed by atoms with Crippen molar-refractivity contribution in [2.24, 2.45) is 0 Å². The van der Waals surface area contributed by atoms with E-state index in [1.807, 2.05) is 0 Å². The lowest BCUT2D eigenvalue weighted by molar-refractivity contribution is -0.137. The molecule has 0 aliphatic carbocycles. The number of hydrogen-bond acceptors (Lipinski definition) is 3. The van der Waals surface area contributed by atoms with Gasteiger partial charge in [0.1, 0.15) is 5.69 Å². The van der Waals surface area contributed by atoms with Crippen molar-refractivity contribution in [2.75, 3.05) is 5.32 Å². The van der Waals surface area contributed by atoms with Gasteiger partial charge in [0.15, 0.2) is 0 Å². The highest BCUT2D eigenvalue weighted by atomic mass is 35.5. The zero-order valence-corrected chi connectivity index (χ0v) is 12.1. The lowest BCUT2D eigenvalue weighted by atomic mass is 10.2. The second kappa shape index (κ2) is 6.41. The Hall–Kier alpha value is -2.34. The number of carboxylic acid groups (broad SMARTS) is 1. The van der Waals surface area contributed by atoms with Gasteiger partial charge in [0, 0.05) is 16.9 Å². The molecule has 21 heavy (non-hydrogen) atoms. The maximum atomic E-state index is 12.2. The molecule has 0 saturated carbocycles. The summed E-state index contributed by atoms with van der Waals surface area (Å²) in [4.78, 5) is 22.8. The molecule has 6 nitrogen and oxygen atoms in total. The maximum Gasteiger partial charge on any atom is 0.305 e. The third-order valence-electron chi connectivity index (χ3n) is 3.00. The summed E-state index contributed by atoms with van der Waals surface area (Å²) in [5.74, 6) is -1.30. The first-order valence-electron chi connectivity index (χ1n) is 6.29. The van der Waals surface area contributed by atoms with E-state index in [4.69, 9.17) is 16.7 Å². The number of nitrogens with zero attached hydrogens (tertiary/aromatic N) is 2. The lowest BCUT2D eigenvalue weighted by Gasteiger charge is -2.10. The molecule has 0 aliphatic rings. The van der Waals surface area contributed by atoms with Crippen LogP contribution in [0.25, 0.3) is 0 Å². The molecule has 0 bridgehead atoms. The van der Waals surface area contributed by atoms with Crippen LogP contribution in [0.2, 0.25) is 5.02 Å². The molecule has 0 saturated heterocycles. The van der Waals surface area contributed by atoms with Crippen molar-refractivity contribution in [1.29, 1.82) is 0 Å². The second-order valence-electron chi connectivity index (χ2n) is 4.45. The van der Waals surface area contributed by atoms with Gasteiger partial charge in [0.05, 0.1) is 13.0 Å². The van der Waals surface area contributed by atoms with E-state index in [0.717, 1.165) is 5.56 Å². The molecule has 0 unspecified atom stereocenters. The first-order valence-corrected chi connectivity index (χ1v) is 6.67. The number of aryl methyl sites for hydroxylation is 1. The van der Waals surface area contributed by atoms with Gasteiger partial charge in [0.2, 0.25) is 0 Å². The largest absolute Gasteiger partial charge is 0.481 e. The number of halogens is 1. The van der Waals surface area contributed by atoms with Crippen molar-refractivity contribution in [3.63, 3.8) is 0 Å². The molecule has 2 aromatic rings. The van der Waals surface area contributed by atoms with Gasteiger partial charge in [-0.05, 0) is 30.7 Å². The smallest absolute Gasteiger partial charge is 0.305 e. The van der Waals surface area contributed by atoms with Crippen LogP contribution in [0, 0.1) is 6.92 Å². The number of hydrogen-bond donors (Lipinski definition) is 2. The van der Waals surface area contributed by atoms with E-state index in [1.165, 1.54) is 16.9 Å². The molecule has 0 atom stereocenters. The number of nitrogens with one attached hydrogen (secondary N) is 1. The number of carbonyl (C=O) groups excluding carboxylic acids is 1. The molecule has 1 amide bonds. The van der Waals surface area contributed by atoms with Gasteiger partial charge in [-0.25, -0.2) is 0 Å². The van der Waals surface area contributed by atoms with Crippen LogP contribution in [-0.2, 0) is 11.3 Å². The average molecular weight is 308 g/mol. The second-order valence-corrected chi connectivity index (χ2v) is 4.86. The lowest BCUT2D eigenvalue weighted by Crippen LogP contribution is -2.19. The van der Waals surface area contributed by atoms with Crippen molar-refractivity contribution in [2.45, 2.75) is 19.9 Å². The minimum atomic E-state index is -0.942. The Balaban J connectivity index is 2.15.